The van der Waals surface area contributed by atoms with E-state index in [2.05, 4.69) is 25.5 Å². The van der Waals surface area contributed by atoms with Crippen molar-refractivity contribution in [3.8, 4) is 0 Å². The second-order valence-electron chi connectivity index (χ2n) is 6.45. The highest BCUT2D eigenvalue weighted by molar-refractivity contribution is 6.31. The molecule has 0 bridgehead atoms. The van der Waals surface area contributed by atoms with Gasteiger partial charge in [-0.2, -0.15) is 10.1 Å². The maximum absolute atomic E-state index is 12.5. The van der Waals surface area contributed by atoms with Gasteiger partial charge in [-0.3, -0.25) is 9.89 Å². The Bertz CT molecular complexity index is 936. The van der Waals surface area contributed by atoms with E-state index >= 15 is 0 Å². The number of amides is 1. The maximum atomic E-state index is 12.5. The largest absolute Gasteiger partial charge is 0.423 e. The number of nitrogens with zero attached hydrogens (tertiary/aromatic N) is 4. The average molecular weight is 375 g/mol. The molecular formula is C17H19ClN6O2. The Morgan fingerprint density at radius 2 is 2.35 bits per heavy atom. The molecule has 3 heterocycles. The fourth-order valence-electron chi connectivity index (χ4n) is 3.17. The van der Waals surface area contributed by atoms with Crippen molar-refractivity contribution in [2.75, 3.05) is 18.0 Å². The monoisotopic (exact) mass is 374 g/mol. The number of H-pyrrole nitrogens is 1. The maximum Gasteiger partial charge on any atom is 0.298 e. The molecule has 1 aliphatic rings. The van der Waals surface area contributed by atoms with Crippen LogP contribution in [0.4, 0.5) is 6.01 Å². The number of aromatic amines is 1. The quantitative estimate of drug-likeness (QED) is 0.727. The van der Waals surface area contributed by atoms with Crippen LogP contribution < -0.4 is 10.2 Å². The number of fused-ring (bicyclic) bond motifs is 1. The zero-order chi connectivity index (χ0) is 18.1. The van der Waals surface area contributed by atoms with Gasteiger partial charge in [-0.25, -0.2) is 4.98 Å². The number of carbonyl (C=O) groups excluding carboxylic acids is 1. The minimum Gasteiger partial charge on any atom is -0.423 e. The second kappa shape index (κ2) is 6.95. The molecule has 0 spiro atoms. The number of aromatic nitrogens is 4. The van der Waals surface area contributed by atoms with Crippen LogP contribution in [0.25, 0.3) is 11.1 Å². The van der Waals surface area contributed by atoms with Crippen LogP contribution in [0.5, 0.6) is 0 Å². The number of hydrogen-bond donors (Lipinski definition) is 2. The molecule has 1 saturated heterocycles. The Labute approximate surface area is 154 Å². The zero-order valence-corrected chi connectivity index (χ0v) is 15.1. The number of benzene rings is 1. The van der Waals surface area contributed by atoms with E-state index in [-0.39, 0.29) is 11.8 Å². The number of aryl methyl sites for hydroxylation is 1. The first-order valence-electron chi connectivity index (χ1n) is 8.55. The molecule has 8 nitrogen and oxygen atoms in total. The van der Waals surface area contributed by atoms with Crippen LogP contribution in [0.15, 0.2) is 22.6 Å². The Morgan fingerprint density at radius 3 is 3.15 bits per heavy atom. The van der Waals surface area contributed by atoms with Crippen molar-refractivity contribution in [1.82, 2.24) is 25.5 Å². The van der Waals surface area contributed by atoms with Gasteiger partial charge in [0.2, 0.25) is 5.91 Å². The number of rotatable bonds is 4. The highest BCUT2D eigenvalue weighted by Crippen LogP contribution is 2.28. The summed E-state index contributed by atoms with van der Waals surface area (Å²) >= 11 is 6.00. The Hall–Kier alpha value is -2.61. The van der Waals surface area contributed by atoms with Gasteiger partial charge in [0.25, 0.3) is 6.01 Å². The molecule has 2 N–H and O–H groups in total. The van der Waals surface area contributed by atoms with Crippen molar-refractivity contribution in [2.24, 2.45) is 5.92 Å². The lowest BCUT2D eigenvalue weighted by molar-refractivity contribution is -0.125. The summed E-state index contributed by atoms with van der Waals surface area (Å²) in [5, 5.41) is 10.3. The van der Waals surface area contributed by atoms with Crippen LogP contribution in [0.1, 0.15) is 24.5 Å². The fraction of sp³-hybridized carbons (Fsp3) is 0.412. The summed E-state index contributed by atoms with van der Waals surface area (Å²) in [6, 6.07) is 5.89. The number of hydrogen-bond acceptors (Lipinski definition) is 6. The molecule has 26 heavy (non-hydrogen) atoms. The molecule has 1 amide bonds. The lowest BCUT2D eigenvalue weighted by atomic mass is 9.97. The minimum absolute atomic E-state index is 0.00342. The average Bonchev–Trinajstić information content (AvgIpc) is 3.25. The lowest BCUT2D eigenvalue weighted by Gasteiger charge is -2.30. The third-order valence-electron chi connectivity index (χ3n) is 4.47. The smallest absolute Gasteiger partial charge is 0.298 e. The van der Waals surface area contributed by atoms with Crippen LogP contribution in [-0.4, -0.2) is 39.2 Å². The Balaban J connectivity index is 1.41. The summed E-state index contributed by atoms with van der Waals surface area (Å²) in [7, 11) is 0. The van der Waals surface area contributed by atoms with E-state index in [9.17, 15) is 4.79 Å². The van der Waals surface area contributed by atoms with Crippen LogP contribution in [0, 0.1) is 12.8 Å². The summed E-state index contributed by atoms with van der Waals surface area (Å²) in [4.78, 5) is 23.2. The molecule has 1 fully saturated rings. The molecular weight excluding hydrogens is 356 g/mol. The first-order chi connectivity index (χ1) is 12.6. The molecule has 2 aromatic heterocycles. The first-order valence-corrected chi connectivity index (χ1v) is 8.93. The Morgan fingerprint density at radius 1 is 1.46 bits per heavy atom. The van der Waals surface area contributed by atoms with Crippen molar-refractivity contribution >= 4 is 34.6 Å². The number of piperidine rings is 1. The van der Waals surface area contributed by atoms with Gasteiger partial charge in [0.05, 0.1) is 12.5 Å². The van der Waals surface area contributed by atoms with Gasteiger partial charge in [0, 0.05) is 18.1 Å². The molecule has 0 radical (unpaired) electrons. The topological polar surface area (TPSA) is 99.9 Å². The molecule has 1 aliphatic heterocycles. The van der Waals surface area contributed by atoms with Gasteiger partial charge in [0.15, 0.2) is 11.4 Å². The summed E-state index contributed by atoms with van der Waals surface area (Å²) < 4.78 is 5.82. The van der Waals surface area contributed by atoms with Crippen molar-refractivity contribution < 1.29 is 9.21 Å². The minimum atomic E-state index is -0.123. The SMILES string of the molecule is Cc1nc(CNC(=O)C2CCCN(c3nc4cc(Cl)ccc4o3)C2)n[nH]1. The van der Waals surface area contributed by atoms with Crippen LogP contribution in [0.3, 0.4) is 0 Å². The van der Waals surface area contributed by atoms with E-state index < -0.39 is 0 Å². The van der Waals surface area contributed by atoms with Crippen molar-refractivity contribution in [3.63, 3.8) is 0 Å². The zero-order valence-electron chi connectivity index (χ0n) is 14.3. The molecule has 1 aromatic carbocycles. The van der Waals surface area contributed by atoms with Crippen LogP contribution >= 0.6 is 11.6 Å². The predicted molar refractivity (Wildman–Crippen MR) is 96.9 cm³/mol. The van der Waals surface area contributed by atoms with Gasteiger partial charge in [-0.05, 0) is 38.0 Å². The summed E-state index contributed by atoms with van der Waals surface area (Å²) in [5.41, 5.74) is 1.41. The van der Waals surface area contributed by atoms with Crippen molar-refractivity contribution in [3.05, 3.63) is 34.9 Å². The molecule has 0 saturated carbocycles. The van der Waals surface area contributed by atoms with Crippen LogP contribution in [-0.2, 0) is 11.3 Å². The molecule has 3 aromatic rings. The van der Waals surface area contributed by atoms with Gasteiger partial charge in [0.1, 0.15) is 11.3 Å². The van der Waals surface area contributed by atoms with Gasteiger partial charge < -0.3 is 14.6 Å². The van der Waals surface area contributed by atoms with E-state index in [0.29, 0.717) is 35.5 Å². The second-order valence-corrected chi connectivity index (χ2v) is 6.88. The number of carbonyl (C=O) groups is 1. The normalized spacial score (nSPS) is 17.6. The number of anilines is 1. The standard InChI is InChI=1S/C17H19ClN6O2/c1-10-20-15(23-22-10)8-19-16(25)11-3-2-6-24(9-11)17-21-13-7-12(18)4-5-14(13)26-17/h4-5,7,11H,2-3,6,8-9H2,1H3,(H,19,25)(H,20,22,23). The third-order valence-corrected chi connectivity index (χ3v) is 4.70. The highest BCUT2D eigenvalue weighted by atomic mass is 35.5. The summed E-state index contributed by atoms with van der Waals surface area (Å²) in [5.74, 6) is 1.19. The molecule has 4 rings (SSSR count). The predicted octanol–water partition coefficient (Wildman–Crippen LogP) is 2.44. The van der Waals surface area contributed by atoms with Gasteiger partial charge >= 0.3 is 0 Å². The van der Waals surface area contributed by atoms with Gasteiger partial charge in [-0.15, -0.1) is 0 Å². The number of halogens is 1. The van der Waals surface area contributed by atoms with Gasteiger partial charge in [-0.1, -0.05) is 11.6 Å². The molecule has 136 valence electrons. The van der Waals surface area contributed by atoms with E-state index in [4.69, 9.17) is 16.0 Å². The van der Waals surface area contributed by atoms with Crippen molar-refractivity contribution in [1.29, 1.82) is 0 Å². The molecule has 9 heteroatoms. The third kappa shape index (κ3) is 3.50. The summed E-state index contributed by atoms with van der Waals surface area (Å²) in [6.07, 6.45) is 1.73. The molecule has 0 aliphatic carbocycles. The molecule has 1 atom stereocenters. The van der Waals surface area contributed by atoms with Crippen LogP contribution in [0.2, 0.25) is 5.02 Å². The molecule has 1 unspecified atom stereocenters. The first kappa shape index (κ1) is 16.8. The van der Waals surface area contributed by atoms with E-state index in [1.54, 1.807) is 18.2 Å². The number of oxazole rings is 1. The highest BCUT2D eigenvalue weighted by Gasteiger charge is 2.28. The summed E-state index contributed by atoms with van der Waals surface area (Å²) in [6.45, 7) is 3.52. The van der Waals surface area contributed by atoms with E-state index in [1.165, 1.54) is 0 Å². The fourth-order valence-corrected chi connectivity index (χ4v) is 3.33. The lowest BCUT2D eigenvalue weighted by Crippen LogP contribution is -2.43. The number of nitrogens with one attached hydrogen (secondary N) is 2. The Kier molecular flexibility index (Phi) is 4.50. The van der Waals surface area contributed by atoms with E-state index in [1.807, 2.05) is 11.8 Å². The van der Waals surface area contributed by atoms with Crippen molar-refractivity contribution in [2.45, 2.75) is 26.3 Å². The van der Waals surface area contributed by atoms with E-state index in [0.717, 1.165) is 30.7 Å².